The summed E-state index contributed by atoms with van der Waals surface area (Å²) >= 11 is 12.2. The quantitative estimate of drug-likeness (QED) is 0.568. The van der Waals surface area contributed by atoms with Gasteiger partial charge in [-0.25, -0.2) is 4.68 Å². The lowest BCUT2D eigenvalue weighted by molar-refractivity contribution is -0.384. The maximum Gasteiger partial charge on any atom is 0.272 e. The fraction of sp³-hybridized carbons (Fsp3) is 0.375. The monoisotopic (exact) mass is 433 g/mol. The molecule has 27 heavy (non-hydrogen) atoms. The van der Waals surface area contributed by atoms with Crippen molar-refractivity contribution in [2.24, 2.45) is 5.92 Å². The normalized spacial score (nSPS) is 19.2. The van der Waals surface area contributed by atoms with Crippen LogP contribution in [0.25, 0.3) is 5.69 Å². The molecule has 2 aromatic rings. The van der Waals surface area contributed by atoms with E-state index in [4.69, 9.17) is 23.2 Å². The summed E-state index contributed by atoms with van der Waals surface area (Å²) in [4.78, 5) is 22.7. The molecule has 0 bridgehead atoms. The second kappa shape index (κ2) is 8.88. The van der Waals surface area contributed by atoms with Crippen molar-refractivity contribution in [1.29, 1.82) is 0 Å². The van der Waals surface area contributed by atoms with E-state index in [1.165, 1.54) is 23.0 Å². The molecule has 11 heteroatoms. The molecule has 2 N–H and O–H groups in total. The van der Waals surface area contributed by atoms with Gasteiger partial charge in [0.15, 0.2) is 5.69 Å². The zero-order chi connectivity index (χ0) is 18.8. The third-order valence-corrected chi connectivity index (χ3v) is 4.98. The number of halogens is 3. The predicted octanol–water partition coefficient (Wildman–Crippen LogP) is 3.24. The van der Waals surface area contributed by atoms with Gasteiger partial charge in [0.1, 0.15) is 5.69 Å². The molecule has 146 valence electrons. The first-order chi connectivity index (χ1) is 12.4. The van der Waals surface area contributed by atoms with Gasteiger partial charge >= 0.3 is 0 Å². The molecule has 2 unspecified atom stereocenters. The largest absolute Gasteiger partial charge is 0.346 e. The van der Waals surface area contributed by atoms with E-state index in [1.54, 1.807) is 6.07 Å². The molecule has 1 aliphatic rings. The minimum absolute atomic E-state index is 0. The summed E-state index contributed by atoms with van der Waals surface area (Å²) in [6.45, 7) is 3.76. The summed E-state index contributed by atoms with van der Waals surface area (Å²) < 4.78 is 1.34. The second-order valence-electron chi connectivity index (χ2n) is 6.21. The molecule has 0 radical (unpaired) electrons. The Hall–Kier alpha value is -1.87. The van der Waals surface area contributed by atoms with Crippen molar-refractivity contribution in [3.05, 3.63) is 50.2 Å². The third kappa shape index (κ3) is 4.70. The number of amides is 1. The van der Waals surface area contributed by atoms with Gasteiger partial charge in [0.2, 0.25) is 0 Å². The Morgan fingerprint density at radius 2 is 2.07 bits per heavy atom. The van der Waals surface area contributed by atoms with E-state index in [1.807, 2.05) is 0 Å². The topological polar surface area (TPSA) is 102 Å². The van der Waals surface area contributed by atoms with Crippen molar-refractivity contribution in [2.75, 3.05) is 13.1 Å². The number of carbonyl (C=O) groups is 1. The Bertz CT molecular complexity index is 835. The number of non-ortho nitro benzene ring substituents is 1. The van der Waals surface area contributed by atoms with Gasteiger partial charge in [-0.2, -0.15) is 5.10 Å². The predicted molar refractivity (Wildman–Crippen MR) is 105 cm³/mol. The number of nitro benzene ring substituents is 1. The smallest absolute Gasteiger partial charge is 0.272 e. The molecule has 2 heterocycles. The summed E-state index contributed by atoms with van der Waals surface area (Å²) in [5.41, 5.74) is 0.284. The lowest BCUT2D eigenvalue weighted by Gasteiger charge is -2.29. The minimum Gasteiger partial charge on any atom is -0.346 e. The minimum atomic E-state index is -0.580. The molecule has 1 aliphatic heterocycles. The van der Waals surface area contributed by atoms with Crippen LogP contribution in [-0.2, 0) is 0 Å². The molecular formula is C16H18Cl3N5O3. The highest BCUT2D eigenvalue weighted by molar-refractivity contribution is 6.38. The fourth-order valence-electron chi connectivity index (χ4n) is 2.87. The number of nitrogens with zero attached hydrogens (tertiary/aromatic N) is 3. The van der Waals surface area contributed by atoms with Crippen molar-refractivity contribution in [3.8, 4) is 5.69 Å². The zero-order valence-electron chi connectivity index (χ0n) is 14.3. The van der Waals surface area contributed by atoms with Crippen molar-refractivity contribution < 1.29 is 9.72 Å². The van der Waals surface area contributed by atoms with Crippen LogP contribution < -0.4 is 10.6 Å². The average Bonchev–Trinajstić information content (AvgIpc) is 3.06. The molecule has 1 aromatic heterocycles. The van der Waals surface area contributed by atoms with Gasteiger partial charge in [-0.15, -0.1) is 12.4 Å². The lowest BCUT2D eigenvalue weighted by atomic mass is 9.95. The highest BCUT2D eigenvalue weighted by Gasteiger charge is 2.24. The average molecular weight is 435 g/mol. The van der Waals surface area contributed by atoms with Crippen LogP contribution in [0, 0.1) is 16.0 Å². The van der Waals surface area contributed by atoms with E-state index in [9.17, 15) is 14.9 Å². The van der Waals surface area contributed by atoms with Crippen molar-refractivity contribution in [2.45, 2.75) is 19.4 Å². The standard InChI is InChI=1S/C16H17Cl2N5O3.ClH/c1-9-2-4-19-8-14(9)20-16(24)13-3-5-22(21-13)15-11(17)6-10(23(25)26)7-12(15)18;/h3,5-7,9,14,19H,2,4,8H2,1H3,(H,20,24);1H. The van der Waals surface area contributed by atoms with Crippen LogP contribution in [0.5, 0.6) is 0 Å². The Labute approximate surface area is 171 Å². The van der Waals surface area contributed by atoms with Gasteiger partial charge in [-0.3, -0.25) is 14.9 Å². The number of rotatable bonds is 4. The van der Waals surface area contributed by atoms with Gasteiger partial charge in [0, 0.05) is 30.9 Å². The second-order valence-corrected chi connectivity index (χ2v) is 7.03. The van der Waals surface area contributed by atoms with Crippen molar-refractivity contribution in [1.82, 2.24) is 20.4 Å². The first-order valence-electron chi connectivity index (χ1n) is 8.08. The van der Waals surface area contributed by atoms with Crippen LogP contribution in [0.1, 0.15) is 23.8 Å². The molecule has 1 aromatic carbocycles. The molecule has 0 spiro atoms. The van der Waals surface area contributed by atoms with E-state index in [2.05, 4.69) is 22.7 Å². The van der Waals surface area contributed by atoms with Crippen molar-refractivity contribution in [3.63, 3.8) is 0 Å². The molecule has 1 amide bonds. The Balaban J connectivity index is 0.00000261. The number of hydrogen-bond donors (Lipinski definition) is 2. The Morgan fingerprint density at radius 1 is 1.41 bits per heavy atom. The van der Waals surface area contributed by atoms with Crippen LogP contribution in [0.2, 0.25) is 10.0 Å². The number of benzene rings is 1. The number of piperidine rings is 1. The molecule has 0 saturated carbocycles. The molecule has 1 saturated heterocycles. The van der Waals surface area contributed by atoms with E-state index >= 15 is 0 Å². The van der Waals surface area contributed by atoms with Gasteiger partial charge in [-0.05, 0) is 24.9 Å². The lowest BCUT2D eigenvalue weighted by Crippen LogP contribution is -2.50. The first-order valence-corrected chi connectivity index (χ1v) is 8.83. The van der Waals surface area contributed by atoms with E-state index in [0.717, 1.165) is 13.0 Å². The van der Waals surface area contributed by atoms with Gasteiger partial charge in [0.25, 0.3) is 11.6 Å². The third-order valence-electron chi connectivity index (χ3n) is 4.41. The fourth-order valence-corrected chi connectivity index (χ4v) is 3.52. The summed E-state index contributed by atoms with van der Waals surface area (Å²) in [5.74, 6) is 0.0827. The van der Waals surface area contributed by atoms with Crippen LogP contribution in [0.3, 0.4) is 0 Å². The van der Waals surface area contributed by atoms with Gasteiger partial charge < -0.3 is 10.6 Å². The van der Waals surface area contributed by atoms with Crippen LogP contribution in [0.4, 0.5) is 5.69 Å². The summed E-state index contributed by atoms with van der Waals surface area (Å²) in [7, 11) is 0. The van der Waals surface area contributed by atoms with Crippen LogP contribution >= 0.6 is 35.6 Å². The van der Waals surface area contributed by atoms with Gasteiger partial charge in [-0.1, -0.05) is 30.1 Å². The zero-order valence-corrected chi connectivity index (χ0v) is 16.6. The molecule has 2 atom stereocenters. The van der Waals surface area contributed by atoms with E-state index < -0.39 is 4.92 Å². The molecule has 3 rings (SSSR count). The Morgan fingerprint density at radius 3 is 2.67 bits per heavy atom. The summed E-state index contributed by atoms with van der Waals surface area (Å²) in [5, 5.41) is 21.5. The highest BCUT2D eigenvalue weighted by Crippen LogP contribution is 2.32. The van der Waals surface area contributed by atoms with Crippen LogP contribution in [-0.4, -0.2) is 39.7 Å². The number of nitrogens with one attached hydrogen (secondary N) is 2. The summed E-state index contributed by atoms with van der Waals surface area (Å²) in [6, 6.07) is 3.97. The SMILES string of the molecule is CC1CCNCC1NC(=O)c1ccn(-c2c(Cl)cc([N+](=O)[O-])cc2Cl)n1.Cl. The number of hydrogen-bond acceptors (Lipinski definition) is 5. The van der Waals surface area contributed by atoms with E-state index in [-0.39, 0.29) is 51.5 Å². The molecular weight excluding hydrogens is 417 g/mol. The highest BCUT2D eigenvalue weighted by atomic mass is 35.5. The number of aromatic nitrogens is 2. The maximum absolute atomic E-state index is 12.4. The molecule has 1 fully saturated rings. The van der Waals surface area contributed by atoms with Gasteiger partial charge in [0.05, 0.1) is 15.0 Å². The summed E-state index contributed by atoms with van der Waals surface area (Å²) in [6.07, 6.45) is 2.53. The Kier molecular flexibility index (Phi) is 7.05. The molecule has 0 aliphatic carbocycles. The van der Waals surface area contributed by atoms with Crippen LogP contribution in [0.15, 0.2) is 24.4 Å². The first kappa shape index (κ1) is 21.4. The van der Waals surface area contributed by atoms with Crippen molar-refractivity contribution >= 4 is 47.2 Å². The maximum atomic E-state index is 12.4. The number of carbonyl (C=O) groups excluding carboxylic acids is 1. The van der Waals surface area contributed by atoms with E-state index in [0.29, 0.717) is 12.5 Å². The number of nitro groups is 1. The molecule has 8 nitrogen and oxygen atoms in total.